The minimum absolute atomic E-state index is 0.169. The third-order valence-corrected chi connectivity index (χ3v) is 2.86. The van der Waals surface area contributed by atoms with E-state index in [9.17, 15) is 13.6 Å². The fraction of sp³-hybridized carbons (Fsp3) is 0.188. The summed E-state index contributed by atoms with van der Waals surface area (Å²) < 4.78 is 30.9. The molecule has 0 aromatic heterocycles. The number of ether oxygens (including phenoxy) is 1. The number of halogens is 2. The molecule has 0 fully saturated rings. The number of hydrogen-bond donors (Lipinski definition) is 1. The third-order valence-electron chi connectivity index (χ3n) is 2.86. The van der Waals surface area contributed by atoms with Crippen LogP contribution in [0.25, 0.3) is 0 Å². The van der Waals surface area contributed by atoms with Gasteiger partial charge >= 0.3 is 0 Å². The third kappa shape index (κ3) is 4.27. The average Bonchev–Trinajstić information content (AvgIpc) is 2.47. The Labute approximate surface area is 121 Å². The standard InChI is InChI=1S/C16H15F2NO2/c1-11-2-4-12(5-3-11)16(20)19-8-9-21-13-6-7-14(17)15(18)10-13/h2-7,10H,8-9H2,1H3,(H,19,20). The maximum atomic E-state index is 12.9. The topological polar surface area (TPSA) is 38.3 Å². The molecule has 21 heavy (non-hydrogen) atoms. The number of hydrogen-bond acceptors (Lipinski definition) is 2. The van der Waals surface area contributed by atoms with Crippen LogP contribution in [0.4, 0.5) is 8.78 Å². The van der Waals surface area contributed by atoms with Gasteiger partial charge in [0.25, 0.3) is 5.91 Å². The molecule has 0 spiro atoms. The first-order chi connectivity index (χ1) is 10.1. The molecule has 0 heterocycles. The summed E-state index contributed by atoms with van der Waals surface area (Å²) in [5, 5.41) is 2.68. The van der Waals surface area contributed by atoms with Gasteiger partial charge in [0.15, 0.2) is 11.6 Å². The molecule has 0 unspecified atom stereocenters. The van der Waals surface area contributed by atoms with Crippen LogP contribution in [0.1, 0.15) is 15.9 Å². The maximum absolute atomic E-state index is 12.9. The van der Waals surface area contributed by atoms with Crippen LogP contribution in [-0.4, -0.2) is 19.1 Å². The molecule has 110 valence electrons. The fourth-order valence-electron chi connectivity index (χ4n) is 1.71. The predicted molar refractivity (Wildman–Crippen MR) is 75.4 cm³/mol. The summed E-state index contributed by atoms with van der Waals surface area (Å²) in [5.41, 5.74) is 1.64. The van der Waals surface area contributed by atoms with Crippen molar-refractivity contribution in [1.82, 2.24) is 5.32 Å². The summed E-state index contributed by atoms with van der Waals surface area (Å²) >= 11 is 0. The van der Waals surface area contributed by atoms with Crippen molar-refractivity contribution in [2.24, 2.45) is 0 Å². The van der Waals surface area contributed by atoms with Crippen LogP contribution in [0, 0.1) is 18.6 Å². The van der Waals surface area contributed by atoms with Crippen LogP contribution in [0.2, 0.25) is 0 Å². The molecule has 0 aliphatic heterocycles. The molecular weight excluding hydrogens is 276 g/mol. The van der Waals surface area contributed by atoms with Crippen molar-refractivity contribution in [3.63, 3.8) is 0 Å². The molecule has 5 heteroatoms. The van der Waals surface area contributed by atoms with E-state index in [1.54, 1.807) is 12.1 Å². The molecule has 1 N–H and O–H groups in total. The molecule has 2 aromatic carbocycles. The van der Waals surface area contributed by atoms with Gasteiger partial charge in [-0.25, -0.2) is 8.78 Å². The monoisotopic (exact) mass is 291 g/mol. The van der Waals surface area contributed by atoms with Crippen LogP contribution in [-0.2, 0) is 0 Å². The zero-order valence-corrected chi connectivity index (χ0v) is 11.5. The van der Waals surface area contributed by atoms with E-state index in [4.69, 9.17) is 4.74 Å². The molecule has 0 bridgehead atoms. The lowest BCUT2D eigenvalue weighted by Crippen LogP contribution is -2.28. The van der Waals surface area contributed by atoms with E-state index in [1.165, 1.54) is 6.07 Å². The minimum Gasteiger partial charge on any atom is -0.492 e. The van der Waals surface area contributed by atoms with Crippen LogP contribution >= 0.6 is 0 Å². The van der Waals surface area contributed by atoms with Gasteiger partial charge in [-0.05, 0) is 31.2 Å². The number of amides is 1. The molecule has 0 atom stereocenters. The fourth-order valence-corrected chi connectivity index (χ4v) is 1.71. The number of aryl methyl sites for hydroxylation is 1. The van der Waals surface area contributed by atoms with E-state index in [-0.39, 0.29) is 24.8 Å². The molecule has 2 aromatic rings. The quantitative estimate of drug-likeness (QED) is 0.860. The number of nitrogens with one attached hydrogen (secondary N) is 1. The van der Waals surface area contributed by atoms with Crippen molar-refractivity contribution < 1.29 is 18.3 Å². The van der Waals surface area contributed by atoms with Gasteiger partial charge in [-0.15, -0.1) is 0 Å². The van der Waals surface area contributed by atoms with Crippen LogP contribution in [0.15, 0.2) is 42.5 Å². The first-order valence-electron chi connectivity index (χ1n) is 6.49. The molecule has 1 amide bonds. The summed E-state index contributed by atoms with van der Waals surface area (Å²) in [5.74, 6) is -1.87. The van der Waals surface area contributed by atoms with E-state index in [0.29, 0.717) is 5.56 Å². The SMILES string of the molecule is Cc1ccc(C(=O)NCCOc2ccc(F)c(F)c2)cc1. The highest BCUT2D eigenvalue weighted by Gasteiger charge is 2.05. The lowest BCUT2D eigenvalue weighted by Gasteiger charge is -2.08. The molecule has 0 radical (unpaired) electrons. The number of carbonyl (C=O) groups excluding carboxylic acids is 1. The minimum atomic E-state index is -0.962. The molecule has 3 nitrogen and oxygen atoms in total. The van der Waals surface area contributed by atoms with E-state index >= 15 is 0 Å². The van der Waals surface area contributed by atoms with Crippen molar-refractivity contribution in [2.45, 2.75) is 6.92 Å². The first kappa shape index (κ1) is 15.0. The van der Waals surface area contributed by atoms with E-state index < -0.39 is 11.6 Å². The van der Waals surface area contributed by atoms with Crippen molar-refractivity contribution in [1.29, 1.82) is 0 Å². The lowest BCUT2D eigenvalue weighted by atomic mass is 10.1. The van der Waals surface area contributed by atoms with Gasteiger partial charge in [-0.3, -0.25) is 4.79 Å². The van der Waals surface area contributed by atoms with Crippen LogP contribution in [0.3, 0.4) is 0 Å². The van der Waals surface area contributed by atoms with E-state index in [0.717, 1.165) is 17.7 Å². The lowest BCUT2D eigenvalue weighted by molar-refractivity contribution is 0.0947. The smallest absolute Gasteiger partial charge is 0.251 e. The molecule has 0 saturated heterocycles. The normalized spacial score (nSPS) is 10.2. The molecule has 0 aliphatic carbocycles. The summed E-state index contributed by atoms with van der Waals surface area (Å²) in [4.78, 5) is 11.8. The molecular formula is C16H15F2NO2. The van der Waals surface area contributed by atoms with Crippen molar-refractivity contribution in [3.05, 3.63) is 65.2 Å². The Balaban J connectivity index is 1.77. The second-order valence-corrected chi connectivity index (χ2v) is 4.55. The van der Waals surface area contributed by atoms with Crippen LogP contribution in [0.5, 0.6) is 5.75 Å². The molecule has 2 rings (SSSR count). The zero-order valence-electron chi connectivity index (χ0n) is 11.5. The first-order valence-corrected chi connectivity index (χ1v) is 6.49. The Morgan fingerprint density at radius 1 is 1.10 bits per heavy atom. The Bertz CT molecular complexity index is 627. The Morgan fingerprint density at radius 2 is 1.81 bits per heavy atom. The van der Waals surface area contributed by atoms with Crippen molar-refractivity contribution >= 4 is 5.91 Å². The Kier molecular flexibility index (Phi) is 4.87. The Morgan fingerprint density at radius 3 is 2.48 bits per heavy atom. The van der Waals surface area contributed by atoms with Gasteiger partial charge in [0.2, 0.25) is 0 Å². The second-order valence-electron chi connectivity index (χ2n) is 4.55. The van der Waals surface area contributed by atoms with Gasteiger partial charge in [0, 0.05) is 11.6 Å². The number of benzene rings is 2. The Hall–Kier alpha value is -2.43. The highest BCUT2D eigenvalue weighted by atomic mass is 19.2. The van der Waals surface area contributed by atoms with Crippen LogP contribution < -0.4 is 10.1 Å². The average molecular weight is 291 g/mol. The van der Waals surface area contributed by atoms with Gasteiger partial charge < -0.3 is 10.1 Å². The van der Waals surface area contributed by atoms with Gasteiger partial charge in [-0.2, -0.15) is 0 Å². The summed E-state index contributed by atoms with van der Waals surface area (Å²) in [6, 6.07) is 10.5. The van der Waals surface area contributed by atoms with Crippen molar-refractivity contribution in [3.8, 4) is 5.75 Å². The largest absolute Gasteiger partial charge is 0.492 e. The molecule has 0 saturated carbocycles. The van der Waals surface area contributed by atoms with Gasteiger partial charge in [-0.1, -0.05) is 17.7 Å². The summed E-state index contributed by atoms with van der Waals surface area (Å²) in [6.07, 6.45) is 0. The number of rotatable bonds is 5. The van der Waals surface area contributed by atoms with E-state index in [2.05, 4.69) is 5.32 Å². The predicted octanol–water partition coefficient (Wildman–Crippen LogP) is 3.08. The molecule has 0 aliphatic rings. The highest BCUT2D eigenvalue weighted by Crippen LogP contribution is 2.15. The second kappa shape index (κ2) is 6.83. The highest BCUT2D eigenvalue weighted by molar-refractivity contribution is 5.94. The summed E-state index contributed by atoms with van der Waals surface area (Å²) in [7, 11) is 0. The van der Waals surface area contributed by atoms with Gasteiger partial charge in [0.05, 0.1) is 6.54 Å². The maximum Gasteiger partial charge on any atom is 0.251 e. The van der Waals surface area contributed by atoms with Gasteiger partial charge in [0.1, 0.15) is 12.4 Å². The van der Waals surface area contributed by atoms with Crippen molar-refractivity contribution in [2.75, 3.05) is 13.2 Å². The summed E-state index contributed by atoms with van der Waals surface area (Å²) in [6.45, 7) is 2.38. The number of carbonyl (C=O) groups is 1. The zero-order chi connectivity index (χ0) is 15.2. The van der Waals surface area contributed by atoms with E-state index in [1.807, 2.05) is 19.1 Å².